The van der Waals surface area contributed by atoms with Gasteiger partial charge in [-0.2, -0.15) is 0 Å². The Kier molecular flexibility index (Phi) is 6.92. The number of ether oxygens (including phenoxy) is 2. The minimum atomic E-state index is -0.432. The summed E-state index contributed by atoms with van der Waals surface area (Å²) >= 11 is 0. The van der Waals surface area contributed by atoms with E-state index in [1.807, 2.05) is 32.6 Å². The van der Waals surface area contributed by atoms with Crippen LogP contribution in [0.4, 0.5) is 0 Å². The highest BCUT2D eigenvalue weighted by Gasteiger charge is 2.32. The molecule has 1 unspecified atom stereocenters. The summed E-state index contributed by atoms with van der Waals surface area (Å²) in [5.41, 5.74) is 5.84. The zero-order valence-electron chi connectivity index (χ0n) is 13.4. The molecule has 0 spiro atoms. The van der Waals surface area contributed by atoms with Crippen LogP contribution in [0.5, 0.6) is 0 Å². The summed E-state index contributed by atoms with van der Waals surface area (Å²) in [5, 5.41) is 0. The molecule has 5 heteroatoms. The van der Waals surface area contributed by atoms with Crippen LogP contribution in [-0.4, -0.2) is 55.9 Å². The van der Waals surface area contributed by atoms with E-state index in [0.29, 0.717) is 13.2 Å². The van der Waals surface area contributed by atoms with Gasteiger partial charge in [-0.15, -0.1) is 0 Å². The van der Waals surface area contributed by atoms with Crippen molar-refractivity contribution in [1.29, 1.82) is 0 Å². The van der Waals surface area contributed by atoms with E-state index in [2.05, 4.69) is 0 Å². The number of rotatable bonds is 6. The lowest BCUT2D eigenvalue weighted by atomic mass is 9.86. The first-order valence-corrected chi connectivity index (χ1v) is 7.60. The molecule has 1 atom stereocenters. The molecule has 1 heterocycles. The average molecular weight is 286 g/mol. The Balaban J connectivity index is 2.29. The Hall–Kier alpha value is -0.650. The van der Waals surface area contributed by atoms with Gasteiger partial charge in [0.05, 0.1) is 25.4 Å². The first-order chi connectivity index (χ1) is 9.36. The van der Waals surface area contributed by atoms with Crippen molar-refractivity contribution in [2.24, 2.45) is 11.1 Å². The summed E-state index contributed by atoms with van der Waals surface area (Å²) in [7, 11) is 0. The van der Waals surface area contributed by atoms with E-state index in [-0.39, 0.29) is 17.4 Å². The number of hydrogen-bond donors (Lipinski definition) is 1. The maximum Gasteiger partial charge on any atom is 0.240 e. The molecule has 118 valence electrons. The second-order valence-electron chi connectivity index (χ2n) is 6.44. The number of piperidine rings is 1. The number of nitrogens with zero attached hydrogens (tertiary/aromatic N) is 1. The summed E-state index contributed by atoms with van der Waals surface area (Å²) in [4.78, 5) is 14.2. The molecule has 0 aliphatic carbocycles. The molecule has 0 aromatic rings. The van der Waals surface area contributed by atoms with Gasteiger partial charge in [-0.05, 0) is 25.2 Å². The number of nitrogens with two attached hydrogens (primary N) is 1. The van der Waals surface area contributed by atoms with Crippen LogP contribution in [0, 0.1) is 5.41 Å². The van der Waals surface area contributed by atoms with Crippen molar-refractivity contribution in [1.82, 2.24) is 4.90 Å². The number of hydrogen-bond acceptors (Lipinski definition) is 4. The predicted molar refractivity (Wildman–Crippen MR) is 79.5 cm³/mol. The average Bonchev–Trinajstić information content (AvgIpc) is 2.41. The van der Waals surface area contributed by atoms with Gasteiger partial charge in [0.2, 0.25) is 5.91 Å². The summed E-state index contributed by atoms with van der Waals surface area (Å²) in [6.45, 7) is 11.4. The van der Waals surface area contributed by atoms with Crippen molar-refractivity contribution in [3.05, 3.63) is 0 Å². The SMILES string of the molecule is CCOCCOC1CCN(C(=O)C(N)C(C)(C)C)CC1. The fourth-order valence-corrected chi connectivity index (χ4v) is 2.23. The normalized spacial score (nSPS) is 19.1. The number of carbonyl (C=O) groups is 1. The Morgan fingerprint density at radius 1 is 1.30 bits per heavy atom. The van der Waals surface area contributed by atoms with Crippen molar-refractivity contribution in [2.75, 3.05) is 32.9 Å². The van der Waals surface area contributed by atoms with E-state index in [4.69, 9.17) is 15.2 Å². The summed E-state index contributed by atoms with van der Waals surface area (Å²) in [5.74, 6) is 0.0604. The number of carbonyl (C=O) groups excluding carboxylic acids is 1. The molecule has 1 amide bonds. The second-order valence-corrected chi connectivity index (χ2v) is 6.44. The molecule has 0 radical (unpaired) electrons. The molecule has 1 fully saturated rings. The molecule has 2 N–H and O–H groups in total. The molecule has 0 bridgehead atoms. The van der Waals surface area contributed by atoms with Gasteiger partial charge in [0.1, 0.15) is 0 Å². The van der Waals surface area contributed by atoms with Crippen molar-refractivity contribution >= 4 is 5.91 Å². The van der Waals surface area contributed by atoms with Crippen molar-refractivity contribution in [2.45, 2.75) is 52.7 Å². The fourth-order valence-electron chi connectivity index (χ4n) is 2.23. The largest absolute Gasteiger partial charge is 0.379 e. The molecule has 5 nitrogen and oxygen atoms in total. The van der Waals surface area contributed by atoms with Gasteiger partial charge in [-0.25, -0.2) is 0 Å². The fraction of sp³-hybridized carbons (Fsp3) is 0.933. The third-order valence-corrected chi connectivity index (χ3v) is 3.74. The van der Waals surface area contributed by atoms with Crippen molar-refractivity contribution in [3.63, 3.8) is 0 Å². The van der Waals surface area contributed by atoms with Gasteiger partial charge in [-0.1, -0.05) is 20.8 Å². The maximum absolute atomic E-state index is 12.3. The van der Waals surface area contributed by atoms with Crippen molar-refractivity contribution in [3.8, 4) is 0 Å². The van der Waals surface area contributed by atoms with E-state index in [9.17, 15) is 4.79 Å². The highest BCUT2D eigenvalue weighted by molar-refractivity contribution is 5.82. The third-order valence-electron chi connectivity index (χ3n) is 3.74. The summed E-state index contributed by atoms with van der Waals surface area (Å²) in [6.07, 6.45) is 2.01. The van der Waals surface area contributed by atoms with Gasteiger partial charge < -0.3 is 20.1 Å². The van der Waals surface area contributed by atoms with Gasteiger partial charge in [0.15, 0.2) is 0 Å². The first kappa shape index (κ1) is 17.4. The van der Waals surface area contributed by atoms with Crippen LogP contribution >= 0.6 is 0 Å². The van der Waals surface area contributed by atoms with E-state index in [1.54, 1.807) is 0 Å². The quantitative estimate of drug-likeness (QED) is 0.750. The molecule has 1 aliphatic heterocycles. The van der Waals surface area contributed by atoms with Gasteiger partial charge in [-0.3, -0.25) is 4.79 Å². The van der Waals surface area contributed by atoms with Gasteiger partial charge in [0, 0.05) is 19.7 Å². The minimum Gasteiger partial charge on any atom is -0.379 e. The molecule has 1 aliphatic rings. The Morgan fingerprint density at radius 3 is 2.40 bits per heavy atom. The highest BCUT2D eigenvalue weighted by atomic mass is 16.5. The molecule has 0 saturated carbocycles. The van der Waals surface area contributed by atoms with E-state index in [1.165, 1.54) is 0 Å². The Labute approximate surface area is 122 Å². The van der Waals surface area contributed by atoms with Crippen LogP contribution in [0.1, 0.15) is 40.5 Å². The molecule has 1 rings (SSSR count). The van der Waals surface area contributed by atoms with E-state index in [0.717, 1.165) is 32.5 Å². The molecular formula is C15H30N2O3. The Bertz CT molecular complexity index is 294. The lowest BCUT2D eigenvalue weighted by molar-refractivity contribution is -0.137. The topological polar surface area (TPSA) is 64.8 Å². The second kappa shape index (κ2) is 7.96. The number of amides is 1. The van der Waals surface area contributed by atoms with Crippen LogP contribution in [0.25, 0.3) is 0 Å². The zero-order chi connectivity index (χ0) is 15.2. The molecule has 0 aromatic heterocycles. The van der Waals surface area contributed by atoms with Crippen LogP contribution in [0.3, 0.4) is 0 Å². The monoisotopic (exact) mass is 286 g/mol. The highest BCUT2D eigenvalue weighted by Crippen LogP contribution is 2.21. The maximum atomic E-state index is 12.3. The summed E-state index contributed by atoms with van der Waals surface area (Å²) < 4.78 is 11.0. The van der Waals surface area contributed by atoms with Crippen molar-refractivity contribution < 1.29 is 14.3 Å². The van der Waals surface area contributed by atoms with Crippen LogP contribution in [-0.2, 0) is 14.3 Å². The molecule has 1 saturated heterocycles. The van der Waals surface area contributed by atoms with Crippen LogP contribution in [0.15, 0.2) is 0 Å². The Morgan fingerprint density at radius 2 is 1.90 bits per heavy atom. The number of likely N-dealkylation sites (tertiary alicyclic amines) is 1. The molecular weight excluding hydrogens is 256 g/mol. The summed E-state index contributed by atoms with van der Waals surface area (Å²) in [6, 6.07) is -0.432. The first-order valence-electron chi connectivity index (χ1n) is 7.60. The minimum absolute atomic E-state index is 0.0604. The van der Waals surface area contributed by atoms with Crippen LogP contribution in [0.2, 0.25) is 0 Å². The molecule has 20 heavy (non-hydrogen) atoms. The smallest absolute Gasteiger partial charge is 0.240 e. The lowest BCUT2D eigenvalue weighted by Crippen LogP contribution is -2.53. The zero-order valence-corrected chi connectivity index (χ0v) is 13.4. The lowest BCUT2D eigenvalue weighted by Gasteiger charge is -2.36. The van der Waals surface area contributed by atoms with Gasteiger partial charge in [0.25, 0.3) is 0 Å². The van der Waals surface area contributed by atoms with E-state index < -0.39 is 6.04 Å². The predicted octanol–water partition coefficient (Wildman–Crippen LogP) is 1.40. The van der Waals surface area contributed by atoms with Gasteiger partial charge >= 0.3 is 0 Å². The molecule has 0 aromatic carbocycles. The standard InChI is InChI=1S/C15H30N2O3/c1-5-19-10-11-20-12-6-8-17(9-7-12)14(18)13(16)15(2,3)4/h12-13H,5-11,16H2,1-4H3. The van der Waals surface area contributed by atoms with Crippen LogP contribution < -0.4 is 5.73 Å². The third kappa shape index (κ3) is 5.38. The van der Waals surface area contributed by atoms with E-state index >= 15 is 0 Å².